The average molecular weight is 834 g/mol. The van der Waals surface area contributed by atoms with Gasteiger partial charge in [-0.15, -0.1) is 0 Å². The molecule has 3 heterocycles. The molecule has 0 amide bonds. The van der Waals surface area contributed by atoms with Gasteiger partial charge in [-0.3, -0.25) is 0 Å². The number of aromatic nitrogens is 3. The van der Waals surface area contributed by atoms with Gasteiger partial charge < -0.3 is 8.83 Å². The Labute approximate surface area is 375 Å². The highest BCUT2D eigenvalue weighted by Gasteiger charge is 2.35. The summed E-state index contributed by atoms with van der Waals surface area (Å²) < 4.78 is 12.7. The molecule has 0 radical (unpaired) electrons. The summed E-state index contributed by atoms with van der Waals surface area (Å²) in [6.07, 6.45) is 0. The molecule has 1 aliphatic rings. The van der Waals surface area contributed by atoms with Crippen LogP contribution < -0.4 is 0 Å². The maximum absolute atomic E-state index is 6.54. The minimum atomic E-state index is -0.0153. The first-order chi connectivity index (χ1) is 31.9. The lowest BCUT2D eigenvalue weighted by Gasteiger charge is -2.21. The van der Waals surface area contributed by atoms with Gasteiger partial charge in [0.1, 0.15) is 22.3 Å². The molecule has 0 saturated heterocycles. The summed E-state index contributed by atoms with van der Waals surface area (Å²) in [6.45, 7) is 4.65. The predicted octanol–water partition coefficient (Wildman–Crippen LogP) is 16.0. The first-order valence-corrected chi connectivity index (χ1v) is 22.1. The molecule has 0 spiro atoms. The second-order valence-corrected chi connectivity index (χ2v) is 17.6. The quantitative estimate of drug-likeness (QED) is 0.167. The van der Waals surface area contributed by atoms with Crippen molar-refractivity contribution in [3.05, 3.63) is 211 Å². The number of rotatable bonds is 6. The van der Waals surface area contributed by atoms with Crippen molar-refractivity contribution in [1.29, 1.82) is 0 Å². The van der Waals surface area contributed by atoms with E-state index < -0.39 is 0 Å². The van der Waals surface area contributed by atoms with E-state index in [0.29, 0.717) is 17.5 Å². The highest BCUT2D eigenvalue weighted by atomic mass is 16.3. The monoisotopic (exact) mass is 833 g/mol. The van der Waals surface area contributed by atoms with Crippen LogP contribution in [0.4, 0.5) is 0 Å². The topological polar surface area (TPSA) is 65.0 Å². The summed E-state index contributed by atoms with van der Waals surface area (Å²) in [4.78, 5) is 15.6. The standard InChI is InChI=1S/C60H39N3O2/c1-60(2)50-16-8-6-13-44(50)47-33-41(27-30-51(47)60)38-19-21-39(22-20-38)42-28-31-54-49(34-42)56-46(15-10-18-55(56)65-54)59-62-57(40-25-23-37(24-26-40)36-11-4-3-5-12-36)61-58(63-59)43-29-32-53-48(35-43)45-14-7-9-17-52(45)64-53/h3-35H,1-2H3. The Balaban J connectivity index is 0.916. The van der Waals surface area contributed by atoms with Crippen LogP contribution in [0.25, 0.3) is 123 Å². The number of hydrogen-bond acceptors (Lipinski definition) is 5. The Morgan fingerprint density at radius 3 is 1.60 bits per heavy atom. The van der Waals surface area contributed by atoms with Gasteiger partial charge in [-0.2, -0.15) is 0 Å². The van der Waals surface area contributed by atoms with Gasteiger partial charge in [0, 0.05) is 43.7 Å². The minimum Gasteiger partial charge on any atom is -0.456 e. The van der Waals surface area contributed by atoms with Gasteiger partial charge in [0.15, 0.2) is 17.5 Å². The Kier molecular flexibility index (Phi) is 8.18. The van der Waals surface area contributed by atoms with E-state index in [-0.39, 0.29) is 5.41 Å². The highest BCUT2D eigenvalue weighted by Crippen LogP contribution is 2.49. The molecule has 0 fully saturated rings. The van der Waals surface area contributed by atoms with E-state index in [2.05, 4.69) is 166 Å². The number of para-hydroxylation sites is 1. The molecule has 3 aromatic heterocycles. The summed E-state index contributed by atoms with van der Waals surface area (Å²) in [5, 5.41) is 4.02. The van der Waals surface area contributed by atoms with Crippen LogP contribution in [-0.4, -0.2) is 15.0 Å². The lowest BCUT2D eigenvalue weighted by Crippen LogP contribution is -2.14. The zero-order valence-corrected chi connectivity index (χ0v) is 35.7. The molecule has 9 aromatic carbocycles. The smallest absolute Gasteiger partial charge is 0.164 e. The Morgan fingerprint density at radius 2 is 0.800 bits per heavy atom. The molecule has 0 saturated carbocycles. The first-order valence-electron chi connectivity index (χ1n) is 22.1. The second-order valence-electron chi connectivity index (χ2n) is 17.6. The van der Waals surface area contributed by atoms with Crippen molar-refractivity contribution in [2.45, 2.75) is 19.3 Å². The Hall–Kier alpha value is -8.41. The SMILES string of the molecule is CC1(C)c2ccccc2-c2cc(-c3ccc(-c4ccc5oc6cccc(-c7nc(-c8ccc(-c9ccccc9)cc8)nc(-c8ccc9oc%10ccccc%10c9c8)n7)c6c5c4)cc3)ccc21. The van der Waals surface area contributed by atoms with Gasteiger partial charge in [0.25, 0.3) is 0 Å². The number of hydrogen-bond donors (Lipinski definition) is 0. The molecule has 12 aromatic rings. The summed E-state index contributed by atoms with van der Waals surface area (Å²) in [5.41, 5.74) is 18.2. The third-order valence-corrected chi connectivity index (χ3v) is 13.4. The molecular formula is C60H39N3O2. The van der Waals surface area contributed by atoms with Gasteiger partial charge in [-0.25, -0.2) is 15.0 Å². The van der Waals surface area contributed by atoms with Gasteiger partial charge in [0.05, 0.1) is 0 Å². The second kappa shape index (κ2) is 14.3. The molecule has 0 unspecified atom stereocenters. The molecule has 5 nitrogen and oxygen atoms in total. The van der Waals surface area contributed by atoms with Gasteiger partial charge in [-0.1, -0.05) is 166 Å². The van der Waals surface area contributed by atoms with E-state index in [0.717, 1.165) is 82.8 Å². The first kappa shape index (κ1) is 37.2. The molecule has 0 atom stereocenters. The van der Waals surface area contributed by atoms with Crippen LogP contribution in [0.2, 0.25) is 0 Å². The third kappa shape index (κ3) is 6.04. The van der Waals surface area contributed by atoms with Crippen molar-refractivity contribution in [2.75, 3.05) is 0 Å². The van der Waals surface area contributed by atoms with Crippen LogP contribution in [0.5, 0.6) is 0 Å². The van der Waals surface area contributed by atoms with Crippen LogP contribution in [0.3, 0.4) is 0 Å². The van der Waals surface area contributed by atoms with Crippen molar-refractivity contribution in [3.8, 4) is 78.7 Å². The maximum atomic E-state index is 6.54. The molecule has 306 valence electrons. The molecule has 1 aliphatic carbocycles. The van der Waals surface area contributed by atoms with E-state index in [9.17, 15) is 0 Å². The van der Waals surface area contributed by atoms with Crippen molar-refractivity contribution in [1.82, 2.24) is 15.0 Å². The lowest BCUT2D eigenvalue weighted by molar-refractivity contribution is 0.660. The highest BCUT2D eigenvalue weighted by molar-refractivity contribution is 6.13. The normalized spacial score (nSPS) is 12.9. The van der Waals surface area contributed by atoms with Crippen LogP contribution in [0, 0.1) is 0 Å². The van der Waals surface area contributed by atoms with E-state index in [4.69, 9.17) is 23.8 Å². The van der Waals surface area contributed by atoms with Crippen LogP contribution >= 0.6 is 0 Å². The number of furan rings is 2. The van der Waals surface area contributed by atoms with Crippen molar-refractivity contribution >= 4 is 43.9 Å². The summed E-state index contributed by atoms with van der Waals surface area (Å²) in [5.74, 6) is 1.73. The lowest BCUT2D eigenvalue weighted by atomic mass is 9.82. The summed E-state index contributed by atoms with van der Waals surface area (Å²) in [7, 11) is 0. The number of benzene rings is 9. The fraction of sp³-hybridized carbons (Fsp3) is 0.0500. The van der Waals surface area contributed by atoms with E-state index in [1.165, 1.54) is 33.4 Å². The zero-order valence-electron chi connectivity index (χ0n) is 35.7. The van der Waals surface area contributed by atoms with E-state index in [1.54, 1.807) is 0 Å². The zero-order chi connectivity index (χ0) is 43.2. The Bertz CT molecular complexity index is 3840. The minimum absolute atomic E-state index is 0.0153. The third-order valence-electron chi connectivity index (χ3n) is 13.4. The number of nitrogens with zero attached hydrogens (tertiary/aromatic N) is 3. The van der Waals surface area contributed by atoms with Crippen molar-refractivity contribution < 1.29 is 8.83 Å². The van der Waals surface area contributed by atoms with Crippen molar-refractivity contribution in [3.63, 3.8) is 0 Å². The molecule has 5 heteroatoms. The van der Waals surface area contributed by atoms with Crippen LogP contribution in [-0.2, 0) is 5.41 Å². The molecule has 0 N–H and O–H groups in total. The fourth-order valence-corrected chi connectivity index (χ4v) is 10.0. The van der Waals surface area contributed by atoms with Crippen LogP contribution in [0.15, 0.2) is 209 Å². The molecule has 65 heavy (non-hydrogen) atoms. The summed E-state index contributed by atoms with van der Waals surface area (Å²) >= 11 is 0. The van der Waals surface area contributed by atoms with E-state index in [1.807, 2.05) is 48.5 Å². The number of fused-ring (bicyclic) bond motifs is 9. The molecular weight excluding hydrogens is 795 g/mol. The van der Waals surface area contributed by atoms with E-state index >= 15 is 0 Å². The fourth-order valence-electron chi connectivity index (χ4n) is 10.0. The molecule has 0 aliphatic heterocycles. The van der Waals surface area contributed by atoms with Gasteiger partial charge >= 0.3 is 0 Å². The predicted molar refractivity (Wildman–Crippen MR) is 265 cm³/mol. The molecule has 0 bridgehead atoms. The summed E-state index contributed by atoms with van der Waals surface area (Å²) in [6, 6.07) is 70.3. The largest absolute Gasteiger partial charge is 0.456 e. The van der Waals surface area contributed by atoms with Gasteiger partial charge in [-0.05, 0) is 104 Å². The maximum Gasteiger partial charge on any atom is 0.164 e. The Morgan fingerprint density at radius 1 is 0.308 bits per heavy atom. The van der Waals surface area contributed by atoms with Crippen molar-refractivity contribution in [2.24, 2.45) is 0 Å². The molecule has 13 rings (SSSR count). The average Bonchev–Trinajstić information content (AvgIpc) is 4.01. The van der Waals surface area contributed by atoms with Crippen LogP contribution in [0.1, 0.15) is 25.0 Å². The van der Waals surface area contributed by atoms with Gasteiger partial charge in [0.2, 0.25) is 0 Å².